The van der Waals surface area contributed by atoms with Gasteiger partial charge in [-0.15, -0.1) is 0 Å². The van der Waals surface area contributed by atoms with Crippen LogP contribution in [0.1, 0.15) is 182 Å². The maximum absolute atomic E-state index is 13.3. The van der Waals surface area contributed by atoms with Crippen molar-refractivity contribution < 1.29 is 68.6 Å². The van der Waals surface area contributed by atoms with E-state index in [4.69, 9.17) is 26.7 Å². The van der Waals surface area contributed by atoms with Crippen LogP contribution in [-0.2, 0) is 58.8 Å². The molecule has 0 aliphatic carbocycles. The van der Waals surface area contributed by atoms with Gasteiger partial charge in [0.1, 0.15) is 0 Å². The van der Waals surface area contributed by atoms with Gasteiger partial charge in [0.25, 0.3) is 0 Å². The highest BCUT2D eigenvalue weighted by Gasteiger charge is 2.42. The SMILES string of the molecule is CCCCCCCCOP(=O)(OCCCCCCCC)OP(=O)(O)OCC(=O)OP(=O)(O)OP(=O)(OCCCCCCCC)OCCCCCCCC. The van der Waals surface area contributed by atoms with Gasteiger partial charge in [-0.25, -0.2) is 23.1 Å². The van der Waals surface area contributed by atoms with E-state index in [-0.39, 0.29) is 26.4 Å². The molecule has 2 N–H and O–H groups in total. The van der Waals surface area contributed by atoms with Crippen molar-refractivity contribution in [1.29, 1.82) is 0 Å². The first-order valence-corrected chi connectivity index (χ1v) is 25.9. The minimum Gasteiger partial charge on any atom is -0.368 e. The van der Waals surface area contributed by atoms with Crippen LogP contribution in [-0.4, -0.2) is 48.8 Å². The predicted octanol–water partition coefficient (Wildman–Crippen LogP) is 12.5. The summed E-state index contributed by atoms with van der Waals surface area (Å²) in [7, 11) is -20.1. The van der Waals surface area contributed by atoms with Crippen LogP contribution in [0.4, 0.5) is 0 Å². The third-order valence-electron chi connectivity index (χ3n) is 7.96. The Morgan fingerprint density at radius 3 is 0.962 bits per heavy atom. The first-order valence-electron chi connectivity index (χ1n) is 20.0. The van der Waals surface area contributed by atoms with E-state index in [2.05, 4.69) is 36.7 Å². The molecule has 0 amide bonds. The highest BCUT2D eigenvalue weighted by Crippen LogP contribution is 2.65. The van der Waals surface area contributed by atoms with Crippen LogP contribution in [0.25, 0.3) is 0 Å². The summed E-state index contributed by atoms with van der Waals surface area (Å²) in [6, 6.07) is 0. The second kappa shape index (κ2) is 33.0. The van der Waals surface area contributed by atoms with E-state index in [1.165, 1.54) is 0 Å². The molecule has 0 saturated carbocycles. The smallest absolute Gasteiger partial charge is 0.368 e. The third-order valence-corrected chi connectivity index (χ3v) is 14.1. The summed E-state index contributed by atoms with van der Waals surface area (Å²) in [4.78, 5) is 33.0. The van der Waals surface area contributed by atoms with Crippen molar-refractivity contribution in [3.63, 3.8) is 0 Å². The Balaban J connectivity index is 5.25. The maximum Gasteiger partial charge on any atom is 0.538 e. The van der Waals surface area contributed by atoms with Gasteiger partial charge < -0.3 is 9.42 Å². The average Bonchev–Trinajstić information content (AvgIpc) is 3.08. The Labute approximate surface area is 320 Å². The quantitative estimate of drug-likeness (QED) is 0.0435. The number of carbonyl (C=O) groups is 1. The van der Waals surface area contributed by atoms with Gasteiger partial charge >= 0.3 is 37.3 Å². The van der Waals surface area contributed by atoms with Crippen LogP contribution in [0.5, 0.6) is 0 Å². The number of phosphoric acid groups is 4. The van der Waals surface area contributed by atoms with E-state index in [0.717, 1.165) is 128 Å². The van der Waals surface area contributed by atoms with Gasteiger partial charge in [-0.05, 0) is 25.7 Å². The minimum absolute atomic E-state index is 0.0745. The second-order valence-corrected chi connectivity index (χ2v) is 19.6. The maximum atomic E-state index is 13.3. The van der Waals surface area contributed by atoms with Crippen LogP contribution in [0.2, 0.25) is 0 Å². The Hall–Kier alpha value is 0.0300. The zero-order valence-electron chi connectivity index (χ0n) is 33.0. The van der Waals surface area contributed by atoms with Crippen molar-refractivity contribution in [2.75, 3.05) is 33.0 Å². The molecule has 0 bridgehead atoms. The van der Waals surface area contributed by atoms with E-state index in [1.807, 2.05) is 0 Å². The molecule has 0 aromatic rings. The Morgan fingerprint density at radius 1 is 0.396 bits per heavy atom. The summed E-state index contributed by atoms with van der Waals surface area (Å²) >= 11 is 0. The molecule has 19 heteroatoms. The number of unbranched alkanes of at least 4 members (excludes halogenated alkanes) is 20. The lowest BCUT2D eigenvalue weighted by Crippen LogP contribution is -2.13. The van der Waals surface area contributed by atoms with Crippen molar-refractivity contribution in [3.05, 3.63) is 0 Å². The molecule has 0 radical (unpaired) electrons. The first kappa shape index (κ1) is 53.0. The largest absolute Gasteiger partial charge is 0.538 e. The molecule has 2 atom stereocenters. The van der Waals surface area contributed by atoms with E-state index in [1.54, 1.807) is 0 Å². The standard InChI is InChI=1S/C34H72O15P4/c1-5-9-13-17-21-25-29-42-52(40,43-30-26-22-18-14-10-6-2)48-50(36,37)46-33-34(35)47-51(38,39)49-53(41,44-31-27-23-19-15-11-7-3)45-32-28-24-20-16-12-8-4/h5-33H2,1-4H3,(H,36,37)(H,38,39). The van der Waals surface area contributed by atoms with Crippen molar-refractivity contribution >= 4 is 37.3 Å². The number of phosphoric ester groups is 4. The van der Waals surface area contributed by atoms with Gasteiger partial charge in [-0.1, -0.05) is 156 Å². The third kappa shape index (κ3) is 32.8. The van der Waals surface area contributed by atoms with E-state index >= 15 is 0 Å². The van der Waals surface area contributed by atoms with Crippen molar-refractivity contribution in [2.24, 2.45) is 0 Å². The van der Waals surface area contributed by atoms with Crippen LogP contribution in [0.3, 0.4) is 0 Å². The minimum atomic E-state index is -5.45. The molecule has 0 fully saturated rings. The molecule has 0 heterocycles. The van der Waals surface area contributed by atoms with Gasteiger partial charge in [-0.2, -0.15) is 8.62 Å². The van der Waals surface area contributed by atoms with Gasteiger partial charge in [-0.3, -0.25) is 27.5 Å². The molecule has 0 aliphatic heterocycles. The summed E-state index contributed by atoms with van der Waals surface area (Å²) < 4.78 is 91.8. The van der Waals surface area contributed by atoms with Crippen molar-refractivity contribution in [3.8, 4) is 0 Å². The summed E-state index contributed by atoms with van der Waals surface area (Å²) in [5.74, 6) is -1.65. The summed E-state index contributed by atoms with van der Waals surface area (Å²) in [5, 5.41) is 0. The number of rotatable bonds is 40. The predicted molar refractivity (Wildman–Crippen MR) is 206 cm³/mol. The lowest BCUT2D eigenvalue weighted by molar-refractivity contribution is -0.138. The van der Waals surface area contributed by atoms with Crippen LogP contribution in [0, 0.1) is 0 Å². The molecule has 15 nitrogen and oxygen atoms in total. The first-order chi connectivity index (χ1) is 25.3. The Morgan fingerprint density at radius 2 is 0.660 bits per heavy atom. The summed E-state index contributed by atoms with van der Waals surface area (Å²) in [6.45, 7) is 6.65. The fraction of sp³-hybridized carbons (Fsp3) is 0.971. The fourth-order valence-corrected chi connectivity index (χ4v) is 10.2. The zero-order chi connectivity index (χ0) is 39.7. The molecule has 0 aromatic heterocycles. The molecule has 318 valence electrons. The molecule has 0 aromatic carbocycles. The van der Waals surface area contributed by atoms with E-state index in [9.17, 15) is 32.8 Å². The lowest BCUT2D eigenvalue weighted by atomic mass is 10.1. The average molecular weight is 845 g/mol. The molecule has 2 unspecified atom stereocenters. The molecular weight excluding hydrogens is 772 g/mol. The van der Waals surface area contributed by atoms with Crippen molar-refractivity contribution in [2.45, 2.75) is 182 Å². The highest BCUT2D eigenvalue weighted by molar-refractivity contribution is 7.62. The van der Waals surface area contributed by atoms with Gasteiger partial charge in [0.2, 0.25) is 0 Å². The molecule has 53 heavy (non-hydrogen) atoms. The summed E-state index contributed by atoms with van der Waals surface area (Å²) in [6.07, 6.45) is 21.6. The number of hydrogen-bond donors (Lipinski definition) is 2. The molecule has 0 rings (SSSR count). The number of hydrogen-bond acceptors (Lipinski definition) is 13. The lowest BCUT2D eigenvalue weighted by Gasteiger charge is -2.21. The van der Waals surface area contributed by atoms with Gasteiger partial charge in [0.15, 0.2) is 6.61 Å². The van der Waals surface area contributed by atoms with Crippen LogP contribution >= 0.6 is 31.3 Å². The highest BCUT2D eigenvalue weighted by atomic mass is 31.3. The van der Waals surface area contributed by atoms with Crippen molar-refractivity contribution in [1.82, 2.24) is 0 Å². The zero-order valence-corrected chi connectivity index (χ0v) is 36.6. The number of carbonyl (C=O) groups excluding carboxylic acids is 1. The van der Waals surface area contributed by atoms with Crippen LogP contribution < -0.4 is 0 Å². The van der Waals surface area contributed by atoms with Gasteiger partial charge in [0.05, 0.1) is 26.4 Å². The molecule has 0 saturated heterocycles. The van der Waals surface area contributed by atoms with Gasteiger partial charge in [0, 0.05) is 0 Å². The fourth-order valence-electron chi connectivity index (χ4n) is 4.99. The molecule has 0 aliphatic rings. The topological polar surface area (TPSA) is 200 Å². The monoisotopic (exact) mass is 844 g/mol. The van der Waals surface area contributed by atoms with Crippen LogP contribution in [0.15, 0.2) is 0 Å². The molecule has 0 spiro atoms. The van der Waals surface area contributed by atoms with E-state index in [0.29, 0.717) is 25.7 Å². The molecular formula is C34H72O15P4. The second-order valence-electron chi connectivity index (χ2n) is 13.1. The van der Waals surface area contributed by atoms with E-state index < -0.39 is 43.9 Å². The normalized spacial score (nSPS) is 14.6. The summed E-state index contributed by atoms with van der Waals surface area (Å²) in [5.41, 5.74) is 0. The Bertz CT molecular complexity index is 1050. The Kier molecular flexibility index (Phi) is 33.1.